The summed E-state index contributed by atoms with van der Waals surface area (Å²) in [4.78, 5) is 0. The second-order valence-corrected chi connectivity index (χ2v) is 23.8. The van der Waals surface area contributed by atoms with E-state index in [0.717, 1.165) is 38.8 Å². The molecule has 321 valence electrons. The van der Waals surface area contributed by atoms with Gasteiger partial charge >= 0.3 is 0 Å². The predicted octanol–water partition coefficient (Wildman–Crippen LogP) is 16.7. The lowest BCUT2D eigenvalue weighted by Gasteiger charge is -2.25. The molecule has 1 radical (unpaired) electrons. The van der Waals surface area contributed by atoms with Crippen LogP contribution in [-0.4, -0.2) is 11.8 Å². The van der Waals surface area contributed by atoms with E-state index in [9.17, 15) is 0 Å². The number of hydrogen-bond donors (Lipinski definition) is 1. The lowest BCUT2D eigenvalue weighted by Crippen LogP contribution is -2.37. The average molecular weight is 890 g/mol. The van der Waals surface area contributed by atoms with Gasteiger partial charge in [-0.15, -0.1) is 22.7 Å². The molecule has 0 bridgehead atoms. The van der Waals surface area contributed by atoms with Crippen molar-refractivity contribution in [3.63, 3.8) is 0 Å². The molecule has 3 nitrogen and oxygen atoms in total. The van der Waals surface area contributed by atoms with Crippen LogP contribution in [0.25, 0.3) is 101 Å². The molecule has 0 unspecified atom stereocenters. The summed E-state index contributed by atoms with van der Waals surface area (Å²) in [6.45, 7) is 20.7. The van der Waals surface area contributed by atoms with Gasteiger partial charge in [0.05, 0.1) is 11.0 Å². The van der Waals surface area contributed by atoms with E-state index in [1.807, 2.05) is 22.7 Å². The Kier molecular flexibility index (Phi) is 8.25. The van der Waals surface area contributed by atoms with Gasteiger partial charge in [-0.25, -0.2) is 0 Å². The van der Waals surface area contributed by atoms with Gasteiger partial charge in [0.1, 0.15) is 11.2 Å². The zero-order valence-corrected chi connectivity index (χ0v) is 40.6. The van der Waals surface area contributed by atoms with Crippen molar-refractivity contribution in [3.05, 3.63) is 150 Å². The van der Waals surface area contributed by atoms with Crippen LogP contribution in [0.1, 0.15) is 79.0 Å². The molecule has 5 heterocycles. The molecule has 4 aromatic heterocycles. The molecule has 0 saturated heterocycles. The first kappa shape index (κ1) is 40.0. The van der Waals surface area contributed by atoms with Gasteiger partial charge in [0.15, 0.2) is 7.28 Å². The molecule has 6 heteroatoms. The molecule has 0 aliphatic carbocycles. The average Bonchev–Trinajstić information content (AvgIpc) is 4.04. The number of rotatable bonds is 3. The van der Waals surface area contributed by atoms with Crippen molar-refractivity contribution in [3.8, 4) is 16.8 Å². The van der Waals surface area contributed by atoms with Crippen LogP contribution in [0.15, 0.2) is 138 Å². The van der Waals surface area contributed by atoms with Crippen LogP contribution in [0, 0.1) is 0 Å². The molecule has 0 fully saturated rings. The van der Waals surface area contributed by atoms with Crippen LogP contribution in [-0.2, 0) is 16.2 Å². The van der Waals surface area contributed by atoms with Crippen molar-refractivity contribution in [1.82, 2.24) is 4.57 Å². The third-order valence-electron chi connectivity index (χ3n) is 14.3. The Morgan fingerprint density at radius 2 is 1.20 bits per heavy atom. The minimum atomic E-state index is -0.0181. The van der Waals surface area contributed by atoms with Crippen LogP contribution < -0.4 is 16.2 Å². The first-order valence-corrected chi connectivity index (χ1v) is 24.9. The number of anilines is 2. The van der Waals surface area contributed by atoms with E-state index in [2.05, 4.69) is 213 Å². The zero-order valence-electron chi connectivity index (χ0n) is 39.0. The first-order chi connectivity index (χ1) is 31.6. The predicted molar refractivity (Wildman–Crippen MR) is 290 cm³/mol. The van der Waals surface area contributed by atoms with Gasteiger partial charge in [0.25, 0.3) is 0 Å². The summed E-state index contributed by atoms with van der Waals surface area (Å²) in [7, 11) is 2.47. The van der Waals surface area contributed by atoms with Crippen molar-refractivity contribution in [2.24, 2.45) is 0 Å². The number of para-hydroxylation sites is 1. The van der Waals surface area contributed by atoms with Crippen molar-refractivity contribution in [2.45, 2.75) is 78.6 Å². The van der Waals surface area contributed by atoms with Crippen molar-refractivity contribution >= 4 is 136 Å². The SMILES string of the molecule is CC(C)(C)c1ccc(Nc2cc3c(cc2-c2c4c5c(c6cc(C(C)(C)C)ccc6n5-c5cc6c(cc5[B]4)oc4ccccc46)c4sc5ccccc5c24)sc2cc(C(C)(C)C)ccc23)cc1. The van der Waals surface area contributed by atoms with Crippen molar-refractivity contribution in [1.29, 1.82) is 0 Å². The van der Waals surface area contributed by atoms with E-state index >= 15 is 0 Å². The minimum Gasteiger partial charge on any atom is -0.456 e. The number of benzene rings is 8. The topological polar surface area (TPSA) is 30.1 Å². The number of nitrogens with zero attached hydrogens (tertiary/aromatic N) is 1. The maximum atomic E-state index is 6.62. The van der Waals surface area contributed by atoms with Gasteiger partial charge < -0.3 is 14.3 Å². The van der Waals surface area contributed by atoms with Gasteiger partial charge in [-0.2, -0.15) is 0 Å². The number of nitrogens with one attached hydrogen (secondary N) is 1. The highest BCUT2D eigenvalue weighted by Crippen LogP contribution is 2.51. The standard InChI is InChI=1S/C60H50BN2OS2/c1-58(2,3)32-18-22-35(23-19-32)62-44-28-40-37-24-20-34(60(7,8)9)27-50(37)65-51(40)30-41(44)52-53-38-15-11-13-17-49(38)66-57(53)54-42-26-33(59(4,5)6)21-25-45(42)63-46-29-39-36-14-10-12-16-47(36)64-48(39)31-43(46)61-55(52)56(54)63/h10-31,62H,1-9H3. The number of furan rings is 1. The molecule has 0 spiro atoms. The maximum Gasteiger partial charge on any atom is 0.198 e. The van der Waals surface area contributed by atoms with Crippen LogP contribution in [0.3, 0.4) is 0 Å². The Hall–Kier alpha value is -6.34. The summed E-state index contributed by atoms with van der Waals surface area (Å²) in [5, 5.41) is 14.1. The normalized spacial score (nSPS) is 13.3. The first-order valence-electron chi connectivity index (χ1n) is 23.2. The smallest absolute Gasteiger partial charge is 0.198 e. The fourth-order valence-electron chi connectivity index (χ4n) is 10.7. The van der Waals surface area contributed by atoms with Gasteiger partial charge in [0.2, 0.25) is 0 Å². The molecule has 0 amide bonds. The quantitative estimate of drug-likeness (QED) is 0.179. The Balaban J connectivity index is 1.19. The minimum absolute atomic E-state index is 0.0181. The van der Waals surface area contributed by atoms with E-state index < -0.39 is 0 Å². The molecule has 1 aliphatic heterocycles. The van der Waals surface area contributed by atoms with Gasteiger partial charge in [-0.3, -0.25) is 0 Å². The number of hydrogen-bond acceptors (Lipinski definition) is 4. The molecular weight excluding hydrogens is 840 g/mol. The summed E-state index contributed by atoms with van der Waals surface area (Å²) >= 11 is 3.85. The van der Waals surface area contributed by atoms with Crippen molar-refractivity contribution < 1.29 is 4.42 Å². The fraction of sp³-hybridized carbons (Fsp3) is 0.200. The highest BCUT2D eigenvalue weighted by molar-refractivity contribution is 7.27. The Morgan fingerprint density at radius 3 is 1.97 bits per heavy atom. The molecule has 1 N–H and O–H groups in total. The third-order valence-corrected chi connectivity index (χ3v) is 16.6. The Labute approximate surface area is 393 Å². The van der Waals surface area contributed by atoms with Gasteiger partial charge in [0, 0.05) is 84.5 Å². The fourth-order valence-corrected chi connectivity index (χ4v) is 13.1. The highest BCUT2D eigenvalue weighted by atomic mass is 32.1. The van der Waals surface area contributed by atoms with E-state index in [1.54, 1.807) is 0 Å². The van der Waals surface area contributed by atoms with E-state index in [4.69, 9.17) is 4.42 Å². The number of aromatic nitrogens is 1. The number of thiophene rings is 2. The monoisotopic (exact) mass is 889 g/mol. The molecule has 12 aromatic rings. The number of fused-ring (bicyclic) bond motifs is 15. The van der Waals surface area contributed by atoms with E-state index in [-0.39, 0.29) is 16.2 Å². The van der Waals surface area contributed by atoms with Gasteiger partial charge in [-0.1, -0.05) is 135 Å². The molecule has 0 atom stereocenters. The maximum absolute atomic E-state index is 6.62. The van der Waals surface area contributed by atoms with E-state index in [1.165, 1.54) is 101 Å². The lowest BCUT2D eigenvalue weighted by molar-refractivity contribution is 0.590. The van der Waals surface area contributed by atoms with E-state index in [0.29, 0.717) is 0 Å². The van der Waals surface area contributed by atoms with Crippen LogP contribution >= 0.6 is 22.7 Å². The molecule has 8 aromatic carbocycles. The van der Waals surface area contributed by atoms with Crippen LogP contribution in [0.4, 0.5) is 11.4 Å². The second kappa shape index (κ2) is 13.6. The summed E-state index contributed by atoms with van der Waals surface area (Å²) in [5.41, 5.74) is 16.6. The Morgan fingerprint density at radius 1 is 0.515 bits per heavy atom. The molecule has 13 rings (SSSR count). The molecule has 0 saturated carbocycles. The lowest BCUT2D eigenvalue weighted by atomic mass is 9.58. The Bertz CT molecular complexity index is 4040. The molecule has 1 aliphatic rings. The van der Waals surface area contributed by atoms with Gasteiger partial charge in [-0.05, 0) is 111 Å². The second-order valence-electron chi connectivity index (χ2n) is 21.7. The van der Waals surface area contributed by atoms with Crippen molar-refractivity contribution in [2.75, 3.05) is 5.32 Å². The molecule has 66 heavy (non-hydrogen) atoms. The summed E-state index contributed by atoms with van der Waals surface area (Å²) < 4.78 is 14.4. The third kappa shape index (κ3) is 5.87. The summed E-state index contributed by atoms with van der Waals surface area (Å²) in [5.74, 6) is 0. The van der Waals surface area contributed by atoms with Crippen LogP contribution in [0.5, 0.6) is 0 Å². The zero-order chi connectivity index (χ0) is 45.2. The molecular formula is C60H50BN2OS2. The highest BCUT2D eigenvalue weighted by Gasteiger charge is 2.33. The largest absolute Gasteiger partial charge is 0.456 e. The summed E-state index contributed by atoms with van der Waals surface area (Å²) in [6, 6.07) is 50.5. The van der Waals surface area contributed by atoms with Crippen LogP contribution in [0.2, 0.25) is 0 Å². The summed E-state index contributed by atoms with van der Waals surface area (Å²) in [6.07, 6.45) is 0.